The van der Waals surface area contributed by atoms with E-state index in [-0.39, 0.29) is 10.8 Å². The van der Waals surface area contributed by atoms with Crippen molar-refractivity contribution in [3.63, 3.8) is 0 Å². The quantitative estimate of drug-likeness (QED) is 0.837. The van der Waals surface area contributed by atoms with Crippen LogP contribution in [0.5, 0.6) is 0 Å². The number of sulfonamides is 1. The van der Waals surface area contributed by atoms with Gasteiger partial charge in [0.1, 0.15) is 0 Å². The SMILES string of the molecule is CN(Cc1cnn(C)c1)C(=O)CCc1ccc(S(N)(=O)=O)cc1. The lowest BCUT2D eigenvalue weighted by atomic mass is 10.1. The minimum atomic E-state index is -3.68. The molecular formula is C15H20N4O3S. The molecule has 23 heavy (non-hydrogen) atoms. The zero-order chi connectivity index (χ0) is 17.0. The Morgan fingerprint density at radius 1 is 1.26 bits per heavy atom. The van der Waals surface area contributed by atoms with Crippen LogP contribution in [-0.2, 0) is 34.8 Å². The standard InChI is InChI=1S/C15H20N4O3S/c1-18(10-13-9-17-19(2)11-13)15(20)8-5-12-3-6-14(7-4-12)23(16,21)22/h3-4,6-7,9,11H,5,8,10H2,1-2H3,(H2,16,21,22). The monoisotopic (exact) mass is 336 g/mol. The van der Waals surface area contributed by atoms with Crippen molar-refractivity contribution < 1.29 is 13.2 Å². The van der Waals surface area contributed by atoms with Gasteiger partial charge in [0, 0.05) is 38.8 Å². The van der Waals surface area contributed by atoms with Gasteiger partial charge in [-0.3, -0.25) is 9.48 Å². The average Bonchev–Trinajstić information content (AvgIpc) is 2.89. The molecule has 0 aliphatic rings. The van der Waals surface area contributed by atoms with Crippen molar-refractivity contribution in [2.45, 2.75) is 24.3 Å². The van der Waals surface area contributed by atoms with E-state index in [9.17, 15) is 13.2 Å². The normalized spacial score (nSPS) is 11.4. The molecule has 0 fully saturated rings. The van der Waals surface area contributed by atoms with Gasteiger partial charge in [-0.25, -0.2) is 13.6 Å². The molecule has 0 radical (unpaired) electrons. The lowest BCUT2D eigenvalue weighted by Crippen LogP contribution is -2.26. The number of nitrogens with zero attached hydrogens (tertiary/aromatic N) is 3. The summed E-state index contributed by atoms with van der Waals surface area (Å²) in [5.74, 6) is 0.0179. The van der Waals surface area contributed by atoms with Crippen molar-refractivity contribution >= 4 is 15.9 Å². The van der Waals surface area contributed by atoms with E-state index < -0.39 is 10.0 Å². The molecule has 124 valence electrons. The molecule has 1 aromatic carbocycles. The van der Waals surface area contributed by atoms with Gasteiger partial charge in [-0.2, -0.15) is 5.10 Å². The van der Waals surface area contributed by atoms with Gasteiger partial charge < -0.3 is 4.90 Å². The second-order valence-corrected chi connectivity index (χ2v) is 7.02. The number of nitrogens with two attached hydrogens (primary N) is 1. The predicted molar refractivity (Wildman–Crippen MR) is 85.8 cm³/mol. The van der Waals surface area contributed by atoms with Crippen LogP contribution in [0.1, 0.15) is 17.5 Å². The molecule has 0 aliphatic heterocycles. The number of hydrogen-bond acceptors (Lipinski definition) is 4. The summed E-state index contributed by atoms with van der Waals surface area (Å²) in [5.41, 5.74) is 1.86. The molecule has 8 heteroatoms. The summed E-state index contributed by atoms with van der Waals surface area (Å²) in [6.45, 7) is 0.511. The molecule has 2 aromatic rings. The van der Waals surface area contributed by atoms with Gasteiger partial charge >= 0.3 is 0 Å². The molecule has 0 bridgehead atoms. The number of rotatable bonds is 6. The molecule has 1 heterocycles. The van der Waals surface area contributed by atoms with Crippen molar-refractivity contribution in [1.29, 1.82) is 0 Å². The van der Waals surface area contributed by atoms with Crippen molar-refractivity contribution in [2.24, 2.45) is 12.2 Å². The summed E-state index contributed by atoms with van der Waals surface area (Å²) in [7, 11) is -0.101. The Hall–Kier alpha value is -2.19. The van der Waals surface area contributed by atoms with Crippen LogP contribution in [0, 0.1) is 0 Å². The Morgan fingerprint density at radius 3 is 2.43 bits per heavy atom. The van der Waals surface area contributed by atoms with Crippen LogP contribution in [0.25, 0.3) is 0 Å². The Morgan fingerprint density at radius 2 is 1.91 bits per heavy atom. The van der Waals surface area contributed by atoms with Gasteiger partial charge in [0.15, 0.2) is 0 Å². The van der Waals surface area contributed by atoms with Crippen molar-refractivity contribution in [3.05, 3.63) is 47.8 Å². The van der Waals surface area contributed by atoms with E-state index in [1.54, 1.807) is 35.0 Å². The van der Waals surface area contributed by atoms with Crippen LogP contribution >= 0.6 is 0 Å². The van der Waals surface area contributed by atoms with Crippen LogP contribution in [0.4, 0.5) is 0 Å². The fourth-order valence-electron chi connectivity index (χ4n) is 2.20. The zero-order valence-electron chi connectivity index (χ0n) is 13.1. The van der Waals surface area contributed by atoms with E-state index in [1.165, 1.54) is 12.1 Å². The topological polar surface area (TPSA) is 98.3 Å². The first-order valence-corrected chi connectivity index (χ1v) is 8.63. The summed E-state index contributed by atoms with van der Waals surface area (Å²) < 4.78 is 24.1. The van der Waals surface area contributed by atoms with Crippen molar-refractivity contribution in [1.82, 2.24) is 14.7 Å². The van der Waals surface area contributed by atoms with Crippen LogP contribution in [0.3, 0.4) is 0 Å². The highest BCUT2D eigenvalue weighted by Crippen LogP contribution is 2.11. The minimum absolute atomic E-state index is 0.0179. The molecule has 2 rings (SSSR count). The first kappa shape index (κ1) is 17.2. The maximum atomic E-state index is 12.1. The minimum Gasteiger partial charge on any atom is -0.341 e. The molecule has 2 N–H and O–H groups in total. The summed E-state index contributed by atoms with van der Waals surface area (Å²) in [4.78, 5) is 13.9. The lowest BCUT2D eigenvalue weighted by Gasteiger charge is -2.16. The van der Waals surface area contributed by atoms with Crippen molar-refractivity contribution in [3.8, 4) is 0 Å². The number of aromatic nitrogens is 2. The number of benzene rings is 1. The summed E-state index contributed by atoms with van der Waals surface area (Å²) in [5, 5.41) is 9.12. The fourth-order valence-corrected chi connectivity index (χ4v) is 2.72. The Balaban J connectivity index is 1.88. The molecule has 0 atom stereocenters. The second-order valence-electron chi connectivity index (χ2n) is 5.46. The molecule has 1 aromatic heterocycles. The Labute approximate surface area is 135 Å². The summed E-state index contributed by atoms with van der Waals surface area (Å²) in [6.07, 6.45) is 4.50. The van der Waals surface area contributed by atoms with Gasteiger partial charge in [-0.1, -0.05) is 12.1 Å². The number of carbonyl (C=O) groups excluding carboxylic acids is 1. The van der Waals surface area contributed by atoms with E-state index in [2.05, 4.69) is 5.10 Å². The van der Waals surface area contributed by atoms with Crippen LogP contribution in [0.2, 0.25) is 0 Å². The van der Waals surface area contributed by atoms with E-state index in [0.717, 1.165) is 11.1 Å². The summed E-state index contributed by atoms with van der Waals surface area (Å²) in [6, 6.07) is 6.26. The fraction of sp³-hybridized carbons (Fsp3) is 0.333. The van der Waals surface area contributed by atoms with Crippen molar-refractivity contribution in [2.75, 3.05) is 7.05 Å². The molecule has 0 aliphatic carbocycles. The maximum Gasteiger partial charge on any atom is 0.238 e. The first-order valence-electron chi connectivity index (χ1n) is 7.09. The third-order valence-electron chi connectivity index (χ3n) is 3.48. The molecule has 0 saturated heterocycles. The highest BCUT2D eigenvalue weighted by atomic mass is 32.2. The van der Waals surface area contributed by atoms with E-state index in [0.29, 0.717) is 19.4 Å². The lowest BCUT2D eigenvalue weighted by molar-refractivity contribution is -0.130. The maximum absolute atomic E-state index is 12.1. The van der Waals surface area contributed by atoms with Crippen LogP contribution in [-0.4, -0.2) is 36.1 Å². The highest BCUT2D eigenvalue weighted by molar-refractivity contribution is 7.89. The molecule has 1 amide bonds. The van der Waals surface area contributed by atoms with Crippen LogP contribution in [0.15, 0.2) is 41.6 Å². The Bertz CT molecular complexity index is 781. The van der Waals surface area contributed by atoms with E-state index >= 15 is 0 Å². The third-order valence-corrected chi connectivity index (χ3v) is 4.41. The van der Waals surface area contributed by atoms with Gasteiger partial charge in [0.2, 0.25) is 15.9 Å². The largest absolute Gasteiger partial charge is 0.341 e. The zero-order valence-corrected chi connectivity index (χ0v) is 14.0. The molecule has 0 unspecified atom stereocenters. The number of carbonyl (C=O) groups is 1. The third kappa shape index (κ3) is 4.90. The molecule has 0 spiro atoms. The smallest absolute Gasteiger partial charge is 0.238 e. The summed E-state index contributed by atoms with van der Waals surface area (Å²) >= 11 is 0. The highest BCUT2D eigenvalue weighted by Gasteiger charge is 2.11. The van der Waals surface area contributed by atoms with Gasteiger partial charge in [-0.15, -0.1) is 0 Å². The number of amides is 1. The van der Waals surface area contributed by atoms with Gasteiger partial charge in [0.25, 0.3) is 0 Å². The number of hydrogen-bond donors (Lipinski definition) is 1. The Kier molecular flexibility index (Phi) is 5.17. The predicted octanol–water partition coefficient (Wildman–Crippen LogP) is 0.659. The van der Waals surface area contributed by atoms with E-state index in [1.807, 2.05) is 13.2 Å². The van der Waals surface area contributed by atoms with Crippen LogP contribution < -0.4 is 5.14 Å². The van der Waals surface area contributed by atoms with Gasteiger partial charge in [-0.05, 0) is 24.1 Å². The molecule has 7 nitrogen and oxygen atoms in total. The molecule has 0 saturated carbocycles. The number of primary sulfonamides is 1. The molecular weight excluding hydrogens is 316 g/mol. The first-order chi connectivity index (χ1) is 10.8. The number of aryl methyl sites for hydroxylation is 2. The van der Waals surface area contributed by atoms with Gasteiger partial charge in [0.05, 0.1) is 11.1 Å². The van der Waals surface area contributed by atoms with E-state index in [4.69, 9.17) is 5.14 Å². The second kappa shape index (κ2) is 6.93. The average molecular weight is 336 g/mol.